The predicted octanol–water partition coefficient (Wildman–Crippen LogP) is 5.52. The average molecular weight is 386 g/mol. The topological polar surface area (TPSA) is 29.1 Å². The van der Waals surface area contributed by atoms with Crippen LogP contribution in [0.1, 0.15) is 29.5 Å². The Labute approximate surface area is 140 Å². The quantitative estimate of drug-likeness (QED) is 0.740. The molecule has 122 valence electrons. The van der Waals surface area contributed by atoms with Crippen LogP contribution in [0.4, 0.5) is 18.9 Å². The van der Waals surface area contributed by atoms with Crippen LogP contribution in [0.5, 0.6) is 0 Å². The Balaban J connectivity index is 2.16. The molecule has 2 rings (SSSR count). The molecular formula is C17H15BrF3NO. The van der Waals surface area contributed by atoms with E-state index in [0.29, 0.717) is 0 Å². The summed E-state index contributed by atoms with van der Waals surface area (Å²) in [5.74, 6) is -0.846. The standard InChI is InChI=1S/C17H15BrF3NO/c1-10-6-7-12(8-15(10)18)11(2)16(23)22-14-5-3-4-13(9-14)17(19,20)21/h3-9,11H,1-2H3,(H,22,23). The van der Waals surface area contributed by atoms with E-state index in [1.165, 1.54) is 12.1 Å². The molecule has 2 nitrogen and oxygen atoms in total. The number of rotatable bonds is 3. The number of benzene rings is 2. The van der Waals surface area contributed by atoms with E-state index in [1.54, 1.807) is 6.92 Å². The van der Waals surface area contributed by atoms with Crippen molar-refractivity contribution in [2.45, 2.75) is 25.9 Å². The number of hydrogen-bond donors (Lipinski definition) is 1. The largest absolute Gasteiger partial charge is 0.416 e. The van der Waals surface area contributed by atoms with Crippen molar-refractivity contribution in [3.05, 3.63) is 63.6 Å². The van der Waals surface area contributed by atoms with E-state index < -0.39 is 17.7 Å². The van der Waals surface area contributed by atoms with Gasteiger partial charge in [-0.3, -0.25) is 4.79 Å². The van der Waals surface area contributed by atoms with Crippen molar-refractivity contribution in [2.24, 2.45) is 0 Å². The number of alkyl halides is 3. The number of nitrogens with one attached hydrogen (secondary N) is 1. The van der Waals surface area contributed by atoms with Crippen LogP contribution in [-0.2, 0) is 11.0 Å². The van der Waals surface area contributed by atoms with Gasteiger partial charge in [-0.1, -0.05) is 34.1 Å². The summed E-state index contributed by atoms with van der Waals surface area (Å²) in [6, 6.07) is 10.2. The van der Waals surface area contributed by atoms with Gasteiger partial charge < -0.3 is 5.32 Å². The minimum Gasteiger partial charge on any atom is -0.326 e. The Bertz CT molecular complexity index is 728. The molecule has 1 N–H and O–H groups in total. The molecule has 0 saturated heterocycles. The molecule has 0 aliphatic rings. The maximum Gasteiger partial charge on any atom is 0.416 e. The number of halogens is 4. The summed E-state index contributed by atoms with van der Waals surface area (Å²) in [5.41, 5.74) is 1.16. The normalized spacial score (nSPS) is 12.8. The molecule has 1 amide bonds. The molecule has 0 fully saturated rings. The van der Waals surface area contributed by atoms with Crippen molar-refractivity contribution in [1.29, 1.82) is 0 Å². The molecule has 0 bridgehead atoms. The number of anilines is 1. The molecule has 1 unspecified atom stereocenters. The summed E-state index contributed by atoms with van der Waals surface area (Å²) in [4.78, 5) is 12.3. The fourth-order valence-corrected chi connectivity index (χ4v) is 2.45. The van der Waals surface area contributed by atoms with E-state index in [-0.39, 0.29) is 11.6 Å². The average Bonchev–Trinajstić information content (AvgIpc) is 2.48. The first-order valence-electron chi connectivity index (χ1n) is 6.92. The highest BCUT2D eigenvalue weighted by atomic mass is 79.9. The Kier molecular flexibility index (Phi) is 5.14. The summed E-state index contributed by atoms with van der Waals surface area (Å²) >= 11 is 3.40. The fourth-order valence-electron chi connectivity index (χ4n) is 2.05. The Morgan fingerprint density at radius 2 is 1.87 bits per heavy atom. The minimum absolute atomic E-state index is 0.128. The van der Waals surface area contributed by atoms with Crippen molar-refractivity contribution in [1.82, 2.24) is 0 Å². The SMILES string of the molecule is Cc1ccc(C(C)C(=O)Nc2cccc(C(F)(F)F)c2)cc1Br. The lowest BCUT2D eigenvalue weighted by atomic mass is 9.99. The maximum absolute atomic E-state index is 12.7. The van der Waals surface area contributed by atoms with Crippen LogP contribution in [0.3, 0.4) is 0 Å². The highest BCUT2D eigenvalue weighted by molar-refractivity contribution is 9.10. The third kappa shape index (κ3) is 4.34. The molecule has 0 spiro atoms. The molecule has 0 aliphatic carbocycles. The summed E-state index contributed by atoms with van der Waals surface area (Å²) < 4.78 is 39.0. The van der Waals surface area contributed by atoms with Gasteiger partial charge in [0.25, 0.3) is 0 Å². The second kappa shape index (κ2) is 6.74. The zero-order valence-corrected chi connectivity index (χ0v) is 14.1. The van der Waals surface area contributed by atoms with Crippen LogP contribution in [0.2, 0.25) is 0 Å². The van der Waals surface area contributed by atoms with Crippen LogP contribution in [0.15, 0.2) is 46.9 Å². The summed E-state index contributed by atoms with van der Waals surface area (Å²) in [5, 5.41) is 2.53. The van der Waals surface area contributed by atoms with E-state index >= 15 is 0 Å². The van der Waals surface area contributed by atoms with Gasteiger partial charge in [0.1, 0.15) is 0 Å². The number of aryl methyl sites for hydroxylation is 1. The van der Waals surface area contributed by atoms with Crippen molar-refractivity contribution in [3.8, 4) is 0 Å². The Hall–Kier alpha value is -1.82. The van der Waals surface area contributed by atoms with Gasteiger partial charge >= 0.3 is 6.18 Å². The van der Waals surface area contributed by atoms with E-state index in [0.717, 1.165) is 27.7 Å². The zero-order valence-electron chi connectivity index (χ0n) is 12.5. The minimum atomic E-state index is -4.44. The van der Waals surface area contributed by atoms with Gasteiger partial charge in [0.15, 0.2) is 0 Å². The molecule has 2 aromatic carbocycles. The van der Waals surface area contributed by atoms with Gasteiger partial charge in [0.2, 0.25) is 5.91 Å². The third-order valence-electron chi connectivity index (χ3n) is 3.55. The van der Waals surface area contributed by atoms with Gasteiger partial charge in [-0.05, 0) is 49.2 Å². The first kappa shape index (κ1) is 17.5. The van der Waals surface area contributed by atoms with Gasteiger partial charge in [-0.2, -0.15) is 13.2 Å². The van der Waals surface area contributed by atoms with Crippen molar-refractivity contribution >= 4 is 27.5 Å². The molecule has 0 saturated carbocycles. The lowest BCUT2D eigenvalue weighted by Gasteiger charge is -2.15. The molecule has 0 aliphatic heterocycles. The van der Waals surface area contributed by atoms with Crippen LogP contribution < -0.4 is 5.32 Å². The van der Waals surface area contributed by atoms with E-state index in [4.69, 9.17) is 0 Å². The Morgan fingerprint density at radius 1 is 1.17 bits per heavy atom. The summed E-state index contributed by atoms with van der Waals surface area (Å²) in [6.07, 6.45) is -4.44. The first-order valence-corrected chi connectivity index (χ1v) is 7.72. The molecule has 6 heteroatoms. The zero-order chi connectivity index (χ0) is 17.2. The lowest BCUT2D eigenvalue weighted by Crippen LogP contribution is -2.19. The number of amides is 1. The molecule has 0 heterocycles. The first-order chi connectivity index (χ1) is 10.7. The second-order valence-electron chi connectivity index (χ2n) is 5.30. The van der Waals surface area contributed by atoms with Gasteiger partial charge in [0.05, 0.1) is 11.5 Å². The summed E-state index contributed by atoms with van der Waals surface area (Å²) in [7, 11) is 0. The molecule has 23 heavy (non-hydrogen) atoms. The summed E-state index contributed by atoms with van der Waals surface area (Å²) in [6.45, 7) is 3.64. The number of carbonyl (C=O) groups is 1. The predicted molar refractivity (Wildman–Crippen MR) is 87.4 cm³/mol. The Morgan fingerprint density at radius 3 is 2.48 bits per heavy atom. The third-order valence-corrected chi connectivity index (χ3v) is 4.40. The second-order valence-corrected chi connectivity index (χ2v) is 6.15. The molecule has 0 aromatic heterocycles. The van der Waals surface area contributed by atoms with E-state index in [9.17, 15) is 18.0 Å². The van der Waals surface area contributed by atoms with Crippen LogP contribution in [0.25, 0.3) is 0 Å². The lowest BCUT2D eigenvalue weighted by molar-refractivity contribution is -0.137. The van der Waals surface area contributed by atoms with Crippen LogP contribution in [-0.4, -0.2) is 5.91 Å². The molecule has 2 aromatic rings. The van der Waals surface area contributed by atoms with Gasteiger partial charge in [0, 0.05) is 10.2 Å². The van der Waals surface area contributed by atoms with E-state index in [2.05, 4.69) is 21.2 Å². The van der Waals surface area contributed by atoms with Crippen molar-refractivity contribution in [2.75, 3.05) is 5.32 Å². The molecule has 0 radical (unpaired) electrons. The monoisotopic (exact) mass is 385 g/mol. The number of hydrogen-bond acceptors (Lipinski definition) is 1. The number of carbonyl (C=O) groups excluding carboxylic acids is 1. The smallest absolute Gasteiger partial charge is 0.326 e. The molecular weight excluding hydrogens is 371 g/mol. The van der Waals surface area contributed by atoms with Crippen molar-refractivity contribution in [3.63, 3.8) is 0 Å². The molecule has 1 atom stereocenters. The highest BCUT2D eigenvalue weighted by Gasteiger charge is 2.30. The maximum atomic E-state index is 12.7. The highest BCUT2D eigenvalue weighted by Crippen LogP contribution is 2.31. The van der Waals surface area contributed by atoms with Gasteiger partial charge in [-0.15, -0.1) is 0 Å². The van der Waals surface area contributed by atoms with Gasteiger partial charge in [-0.25, -0.2) is 0 Å². The fraction of sp³-hybridized carbons (Fsp3) is 0.235. The van der Waals surface area contributed by atoms with E-state index in [1.807, 2.05) is 25.1 Å². The van der Waals surface area contributed by atoms with Crippen LogP contribution in [0, 0.1) is 6.92 Å². The van der Waals surface area contributed by atoms with Crippen molar-refractivity contribution < 1.29 is 18.0 Å². The van der Waals surface area contributed by atoms with Crippen LogP contribution >= 0.6 is 15.9 Å².